The van der Waals surface area contributed by atoms with Gasteiger partial charge in [-0.2, -0.15) is 0 Å². The average molecular weight is 390 g/mol. The Morgan fingerprint density at radius 1 is 1.21 bits per heavy atom. The molecule has 29 heavy (non-hydrogen) atoms. The maximum absolute atomic E-state index is 13.0. The molecule has 0 aliphatic carbocycles. The molecule has 0 saturated carbocycles. The minimum Gasteiger partial charge on any atom is -0.507 e. The van der Waals surface area contributed by atoms with E-state index in [9.17, 15) is 14.7 Å². The molecule has 1 atom stereocenters. The van der Waals surface area contributed by atoms with Gasteiger partial charge in [0.15, 0.2) is 0 Å². The molecule has 1 aliphatic rings. The van der Waals surface area contributed by atoms with Crippen molar-refractivity contribution in [3.63, 3.8) is 0 Å². The summed E-state index contributed by atoms with van der Waals surface area (Å²) in [4.78, 5) is 36.5. The second-order valence-electron chi connectivity index (χ2n) is 7.33. The number of rotatable bonds is 5. The highest BCUT2D eigenvalue weighted by Gasteiger charge is 2.46. The number of benzene rings is 1. The summed E-state index contributed by atoms with van der Waals surface area (Å²) in [5, 5.41) is 11.9. The Balaban J connectivity index is 1.88. The van der Waals surface area contributed by atoms with E-state index in [-0.39, 0.29) is 11.3 Å². The van der Waals surface area contributed by atoms with Crippen LogP contribution in [0.15, 0.2) is 60.6 Å². The van der Waals surface area contributed by atoms with Crippen molar-refractivity contribution < 1.29 is 14.7 Å². The number of aromatic nitrogens is 2. The Morgan fingerprint density at radius 2 is 2.00 bits per heavy atom. The zero-order valence-electron chi connectivity index (χ0n) is 16.3. The second kappa shape index (κ2) is 7.52. The average Bonchev–Trinajstić information content (AvgIpc) is 3.26. The van der Waals surface area contributed by atoms with Crippen molar-refractivity contribution in [1.29, 1.82) is 0 Å². The topological polar surface area (TPSA) is 89.5 Å². The van der Waals surface area contributed by atoms with E-state index in [1.165, 1.54) is 4.90 Å². The molecule has 3 aromatic rings. The van der Waals surface area contributed by atoms with Crippen LogP contribution in [0, 0.1) is 0 Å². The van der Waals surface area contributed by atoms with Crippen molar-refractivity contribution in [2.45, 2.75) is 6.04 Å². The van der Waals surface area contributed by atoms with E-state index in [1.54, 1.807) is 24.7 Å². The molecule has 1 saturated heterocycles. The molecule has 0 bridgehead atoms. The van der Waals surface area contributed by atoms with Crippen LogP contribution in [-0.4, -0.2) is 63.7 Å². The lowest BCUT2D eigenvalue weighted by Crippen LogP contribution is -2.35. The minimum atomic E-state index is -0.683. The van der Waals surface area contributed by atoms with E-state index in [1.807, 2.05) is 49.3 Å². The molecule has 1 fully saturated rings. The standard InChI is InChI=1S/C22H22N4O3/c1-25(2)10-11-26-19(14-6-5-9-23-12-14)18(21(28)22(26)29)20(27)16-13-24-17-8-4-3-7-15(16)17/h3-9,12-13,19,24,27H,10-11H2,1-2H3/b20-18+/t19-/m1/s1. The SMILES string of the molecule is CN(C)CCN1C(=O)C(=O)/C(=C(/O)c2c[nH]c3ccccc23)[C@H]1c1cccnc1. The highest BCUT2D eigenvalue weighted by molar-refractivity contribution is 6.46. The quantitative estimate of drug-likeness (QED) is 0.397. The van der Waals surface area contributed by atoms with Crippen LogP contribution in [0.5, 0.6) is 0 Å². The highest BCUT2D eigenvalue weighted by Crippen LogP contribution is 2.40. The van der Waals surface area contributed by atoms with Crippen molar-refractivity contribution in [2.75, 3.05) is 27.2 Å². The number of hydrogen-bond donors (Lipinski definition) is 2. The number of amides is 1. The third-order valence-electron chi connectivity index (χ3n) is 5.17. The Bertz CT molecular complexity index is 1100. The third-order valence-corrected chi connectivity index (χ3v) is 5.17. The number of para-hydroxylation sites is 1. The van der Waals surface area contributed by atoms with Crippen molar-refractivity contribution in [1.82, 2.24) is 19.8 Å². The van der Waals surface area contributed by atoms with Crippen LogP contribution in [0.1, 0.15) is 17.2 Å². The number of nitrogens with one attached hydrogen (secondary N) is 1. The van der Waals surface area contributed by atoms with Crippen molar-refractivity contribution in [3.05, 3.63) is 71.7 Å². The van der Waals surface area contributed by atoms with Crippen LogP contribution in [0.25, 0.3) is 16.7 Å². The smallest absolute Gasteiger partial charge is 0.295 e. The van der Waals surface area contributed by atoms with Gasteiger partial charge in [-0.25, -0.2) is 0 Å². The summed E-state index contributed by atoms with van der Waals surface area (Å²) in [6.45, 7) is 0.957. The van der Waals surface area contributed by atoms with Crippen LogP contribution in [0.2, 0.25) is 0 Å². The molecule has 3 heterocycles. The van der Waals surface area contributed by atoms with E-state index >= 15 is 0 Å². The normalized spacial score (nSPS) is 18.9. The van der Waals surface area contributed by atoms with E-state index in [4.69, 9.17) is 0 Å². The number of aliphatic hydroxyl groups is 1. The largest absolute Gasteiger partial charge is 0.507 e. The molecule has 0 spiro atoms. The van der Waals surface area contributed by atoms with Gasteiger partial charge in [-0.15, -0.1) is 0 Å². The fourth-order valence-corrected chi connectivity index (χ4v) is 3.72. The predicted molar refractivity (Wildman–Crippen MR) is 110 cm³/mol. The fraction of sp³-hybridized carbons (Fsp3) is 0.227. The number of aromatic amines is 1. The molecule has 0 radical (unpaired) electrons. The van der Waals surface area contributed by atoms with Gasteiger partial charge in [0.1, 0.15) is 5.76 Å². The van der Waals surface area contributed by atoms with Crippen LogP contribution in [0.3, 0.4) is 0 Å². The monoisotopic (exact) mass is 390 g/mol. The first kappa shape index (κ1) is 18.9. The summed E-state index contributed by atoms with van der Waals surface area (Å²) >= 11 is 0. The van der Waals surface area contributed by atoms with E-state index in [2.05, 4.69) is 9.97 Å². The summed E-state index contributed by atoms with van der Waals surface area (Å²) in [6.07, 6.45) is 4.92. The van der Waals surface area contributed by atoms with Gasteiger partial charge < -0.3 is 19.9 Å². The molecule has 7 heteroatoms. The van der Waals surface area contributed by atoms with E-state index in [0.29, 0.717) is 24.2 Å². The molecule has 1 amide bonds. The van der Waals surface area contributed by atoms with Gasteiger partial charge in [0, 0.05) is 48.1 Å². The Labute approximate surface area is 168 Å². The number of aliphatic hydroxyl groups excluding tert-OH is 1. The molecule has 4 rings (SSSR count). The molecular formula is C22H22N4O3. The maximum atomic E-state index is 13.0. The zero-order valence-corrected chi connectivity index (χ0v) is 16.3. The third kappa shape index (κ3) is 3.30. The van der Waals surface area contributed by atoms with Gasteiger partial charge in [-0.1, -0.05) is 24.3 Å². The number of ketones is 1. The first-order valence-electron chi connectivity index (χ1n) is 9.38. The first-order valence-corrected chi connectivity index (χ1v) is 9.38. The molecule has 2 N–H and O–H groups in total. The lowest BCUT2D eigenvalue weighted by Gasteiger charge is -2.26. The Morgan fingerprint density at radius 3 is 2.72 bits per heavy atom. The summed E-state index contributed by atoms with van der Waals surface area (Å²) in [5.41, 5.74) is 2.12. The van der Waals surface area contributed by atoms with Gasteiger partial charge in [0.05, 0.1) is 11.6 Å². The number of Topliss-reactive ketones (excluding diaryl/α,β-unsaturated/α-hetero) is 1. The number of likely N-dealkylation sites (tertiary alicyclic amines) is 1. The summed E-state index contributed by atoms with van der Waals surface area (Å²) in [5.74, 6) is -1.47. The van der Waals surface area contributed by atoms with Crippen molar-refractivity contribution >= 4 is 28.4 Å². The molecular weight excluding hydrogens is 368 g/mol. The fourth-order valence-electron chi connectivity index (χ4n) is 3.72. The maximum Gasteiger partial charge on any atom is 0.295 e. The Hall–Kier alpha value is -3.45. The van der Waals surface area contributed by atoms with Gasteiger partial charge in [0.2, 0.25) is 0 Å². The van der Waals surface area contributed by atoms with E-state index < -0.39 is 17.7 Å². The number of pyridine rings is 1. The molecule has 1 aliphatic heterocycles. The van der Waals surface area contributed by atoms with E-state index in [0.717, 1.165) is 10.9 Å². The summed E-state index contributed by atoms with van der Waals surface area (Å²) in [7, 11) is 3.81. The number of likely N-dealkylation sites (N-methyl/N-ethyl adjacent to an activating group) is 1. The lowest BCUT2D eigenvalue weighted by atomic mass is 9.96. The van der Waals surface area contributed by atoms with Crippen LogP contribution < -0.4 is 0 Å². The van der Waals surface area contributed by atoms with Crippen LogP contribution in [-0.2, 0) is 9.59 Å². The number of carbonyl (C=O) groups excluding carboxylic acids is 2. The van der Waals surface area contributed by atoms with Gasteiger partial charge in [-0.05, 0) is 31.8 Å². The summed E-state index contributed by atoms with van der Waals surface area (Å²) in [6, 6.07) is 10.4. The highest BCUT2D eigenvalue weighted by atomic mass is 16.3. The van der Waals surface area contributed by atoms with Crippen molar-refractivity contribution in [2.24, 2.45) is 0 Å². The summed E-state index contributed by atoms with van der Waals surface area (Å²) < 4.78 is 0. The first-order chi connectivity index (χ1) is 14.0. The second-order valence-corrected chi connectivity index (χ2v) is 7.33. The van der Waals surface area contributed by atoms with Gasteiger partial charge in [-0.3, -0.25) is 14.6 Å². The Kier molecular flexibility index (Phi) is 4.90. The number of carbonyl (C=O) groups is 2. The van der Waals surface area contributed by atoms with Crippen molar-refractivity contribution in [3.8, 4) is 0 Å². The number of hydrogen-bond acceptors (Lipinski definition) is 5. The minimum absolute atomic E-state index is 0.0894. The molecule has 0 unspecified atom stereocenters. The lowest BCUT2D eigenvalue weighted by molar-refractivity contribution is -0.140. The number of nitrogens with zero attached hydrogens (tertiary/aromatic N) is 3. The molecule has 148 valence electrons. The predicted octanol–water partition coefficient (Wildman–Crippen LogP) is 2.55. The van der Waals surface area contributed by atoms with Crippen LogP contribution >= 0.6 is 0 Å². The van der Waals surface area contributed by atoms with Gasteiger partial charge in [0.25, 0.3) is 11.7 Å². The molecule has 2 aromatic heterocycles. The molecule has 1 aromatic carbocycles. The van der Waals surface area contributed by atoms with Crippen LogP contribution in [0.4, 0.5) is 0 Å². The van der Waals surface area contributed by atoms with Gasteiger partial charge >= 0.3 is 0 Å². The number of H-pyrrole nitrogens is 1. The zero-order chi connectivity index (χ0) is 20.5. The molecule has 7 nitrogen and oxygen atoms in total. The number of fused-ring (bicyclic) bond motifs is 1.